The molecule has 0 saturated carbocycles. The van der Waals surface area contributed by atoms with Crippen LogP contribution in [0.3, 0.4) is 0 Å². The molecule has 1 rings (SSSR count). The van der Waals surface area contributed by atoms with E-state index in [0.717, 1.165) is 10.8 Å². The van der Waals surface area contributed by atoms with Crippen molar-refractivity contribution in [2.24, 2.45) is 0 Å². The smallest absolute Gasteiger partial charge is 0.0931 e. The maximum absolute atomic E-state index is 5.77. The second-order valence-corrected chi connectivity index (χ2v) is 4.20. The molecule has 0 spiro atoms. The molecule has 1 aromatic rings. The first kappa shape index (κ1) is 8.64. The second kappa shape index (κ2) is 3.80. The lowest BCUT2D eigenvalue weighted by Crippen LogP contribution is -1.85. The van der Waals surface area contributed by atoms with Crippen LogP contribution in [0, 0.1) is 12.3 Å². The van der Waals surface area contributed by atoms with Crippen molar-refractivity contribution in [3.8, 4) is 12.3 Å². The summed E-state index contributed by atoms with van der Waals surface area (Å²) in [6, 6.07) is 3.95. The summed E-state index contributed by atoms with van der Waals surface area (Å²) in [6.07, 6.45) is 5.98. The fourth-order valence-electron chi connectivity index (χ4n) is 0.871. The molecule has 0 nitrogen and oxygen atoms in total. The van der Waals surface area contributed by atoms with Gasteiger partial charge in [0.15, 0.2) is 0 Å². The lowest BCUT2D eigenvalue weighted by atomic mass is 10.1. The van der Waals surface area contributed by atoms with E-state index in [0.29, 0.717) is 5.92 Å². The van der Waals surface area contributed by atoms with Crippen LogP contribution in [0.25, 0.3) is 0 Å². The third kappa shape index (κ3) is 2.25. The lowest BCUT2D eigenvalue weighted by Gasteiger charge is -2.01. The molecular formula is C9H9ClS. The first-order valence-electron chi connectivity index (χ1n) is 3.42. The highest BCUT2D eigenvalue weighted by Crippen LogP contribution is 2.29. The van der Waals surface area contributed by atoms with Crippen molar-refractivity contribution < 1.29 is 0 Å². The molecule has 1 unspecified atom stereocenters. The number of rotatable bonds is 2. The van der Waals surface area contributed by atoms with E-state index in [9.17, 15) is 0 Å². The van der Waals surface area contributed by atoms with E-state index in [1.165, 1.54) is 4.88 Å². The minimum atomic E-state index is 0.442. The minimum Gasteiger partial charge on any atom is -0.128 e. The molecule has 2 heteroatoms. The summed E-state index contributed by atoms with van der Waals surface area (Å²) in [4.78, 5) is 1.27. The molecule has 1 heterocycles. The Hall–Kier alpha value is -0.450. The molecule has 0 N–H and O–H groups in total. The van der Waals surface area contributed by atoms with Crippen LogP contribution < -0.4 is 0 Å². The predicted octanol–water partition coefficient (Wildman–Crippen LogP) is 3.53. The topological polar surface area (TPSA) is 0 Å². The van der Waals surface area contributed by atoms with Gasteiger partial charge in [0.2, 0.25) is 0 Å². The number of hydrogen-bond acceptors (Lipinski definition) is 1. The van der Waals surface area contributed by atoms with Crippen molar-refractivity contribution in [1.82, 2.24) is 0 Å². The molecule has 0 radical (unpaired) electrons. The summed E-state index contributed by atoms with van der Waals surface area (Å²) < 4.78 is 0.837. The third-order valence-corrected chi connectivity index (χ3v) is 2.97. The Morgan fingerprint density at radius 3 is 2.91 bits per heavy atom. The number of halogens is 1. The Morgan fingerprint density at radius 2 is 2.45 bits per heavy atom. The van der Waals surface area contributed by atoms with Crippen molar-refractivity contribution in [1.29, 1.82) is 0 Å². The van der Waals surface area contributed by atoms with Crippen LogP contribution in [-0.4, -0.2) is 0 Å². The van der Waals surface area contributed by atoms with Gasteiger partial charge in [0.05, 0.1) is 4.34 Å². The lowest BCUT2D eigenvalue weighted by molar-refractivity contribution is 0.815. The summed E-state index contributed by atoms with van der Waals surface area (Å²) in [7, 11) is 0. The largest absolute Gasteiger partial charge is 0.128 e. The molecule has 1 atom stereocenters. The zero-order chi connectivity index (χ0) is 8.27. The van der Waals surface area contributed by atoms with Gasteiger partial charge in [-0.1, -0.05) is 18.5 Å². The highest BCUT2D eigenvalue weighted by molar-refractivity contribution is 7.16. The van der Waals surface area contributed by atoms with Gasteiger partial charge in [0.25, 0.3) is 0 Å². The molecule has 0 saturated heterocycles. The van der Waals surface area contributed by atoms with Gasteiger partial charge in [0.1, 0.15) is 0 Å². The van der Waals surface area contributed by atoms with Crippen molar-refractivity contribution in [2.75, 3.05) is 0 Å². The van der Waals surface area contributed by atoms with Gasteiger partial charge in [-0.05, 0) is 12.1 Å². The summed E-state index contributed by atoms with van der Waals surface area (Å²) >= 11 is 7.38. The first-order chi connectivity index (χ1) is 5.24. The molecule has 0 aliphatic carbocycles. The van der Waals surface area contributed by atoms with Gasteiger partial charge in [-0.2, -0.15) is 0 Å². The van der Waals surface area contributed by atoms with Crippen LogP contribution in [-0.2, 0) is 0 Å². The van der Waals surface area contributed by atoms with Gasteiger partial charge in [0, 0.05) is 17.2 Å². The quantitative estimate of drug-likeness (QED) is 0.617. The van der Waals surface area contributed by atoms with Gasteiger partial charge in [-0.15, -0.1) is 23.7 Å². The molecule has 0 aromatic carbocycles. The van der Waals surface area contributed by atoms with Crippen LogP contribution >= 0.6 is 22.9 Å². The molecule has 11 heavy (non-hydrogen) atoms. The van der Waals surface area contributed by atoms with Crippen molar-refractivity contribution in [3.63, 3.8) is 0 Å². The Bertz CT molecular complexity index is 269. The van der Waals surface area contributed by atoms with E-state index in [4.69, 9.17) is 18.0 Å². The van der Waals surface area contributed by atoms with Crippen LogP contribution in [0.2, 0.25) is 4.34 Å². The molecule has 1 aromatic heterocycles. The minimum absolute atomic E-state index is 0.442. The van der Waals surface area contributed by atoms with Gasteiger partial charge in [-0.3, -0.25) is 0 Å². The van der Waals surface area contributed by atoms with Crippen LogP contribution in [0.1, 0.15) is 24.1 Å². The molecule has 0 aliphatic rings. The number of terminal acetylenes is 1. The fraction of sp³-hybridized carbons (Fsp3) is 0.333. The monoisotopic (exact) mass is 184 g/mol. The highest BCUT2D eigenvalue weighted by Gasteiger charge is 2.05. The summed E-state index contributed by atoms with van der Waals surface area (Å²) in [5.41, 5.74) is 0. The van der Waals surface area contributed by atoms with E-state index < -0.39 is 0 Å². The third-order valence-electron chi connectivity index (χ3n) is 1.50. The van der Waals surface area contributed by atoms with Gasteiger partial charge in [-0.25, -0.2) is 0 Å². The average Bonchev–Trinajstić information content (AvgIpc) is 2.36. The normalized spacial score (nSPS) is 12.5. The van der Waals surface area contributed by atoms with E-state index in [-0.39, 0.29) is 0 Å². The Kier molecular flexibility index (Phi) is 2.99. The summed E-state index contributed by atoms with van der Waals surface area (Å²) in [5.74, 6) is 3.08. The molecule has 58 valence electrons. The summed E-state index contributed by atoms with van der Waals surface area (Å²) in [5, 5.41) is 0. The van der Waals surface area contributed by atoms with Crippen LogP contribution in [0.4, 0.5) is 0 Å². The van der Waals surface area contributed by atoms with Gasteiger partial charge >= 0.3 is 0 Å². The average molecular weight is 185 g/mol. The van der Waals surface area contributed by atoms with E-state index in [1.54, 1.807) is 11.3 Å². The van der Waals surface area contributed by atoms with Crippen molar-refractivity contribution in [3.05, 3.63) is 21.3 Å². The maximum atomic E-state index is 5.77. The summed E-state index contributed by atoms with van der Waals surface area (Å²) in [6.45, 7) is 2.11. The van der Waals surface area contributed by atoms with Crippen LogP contribution in [0.15, 0.2) is 12.1 Å². The standard InChI is InChI=1S/C9H9ClS/c1-3-4-7(2)8-5-6-9(10)11-8/h1,5-7H,4H2,2H3. The zero-order valence-corrected chi connectivity index (χ0v) is 7.88. The Morgan fingerprint density at radius 1 is 1.73 bits per heavy atom. The van der Waals surface area contributed by atoms with Gasteiger partial charge < -0.3 is 0 Å². The maximum Gasteiger partial charge on any atom is 0.0931 e. The molecule has 0 bridgehead atoms. The predicted molar refractivity (Wildman–Crippen MR) is 51.2 cm³/mol. The van der Waals surface area contributed by atoms with E-state index in [2.05, 4.69) is 12.8 Å². The first-order valence-corrected chi connectivity index (χ1v) is 4.62. The fourth-order valence-corrected chi connectivity index (χ4v) is 1.98. The van der Waals surface area contributed by atoms with Crippen LogP contribution in [0.5, 0.6) is 0 Å². The van der Waals surface area contributed by atoms with E-state index in [1.807, 2.05) is 12.1 Å². The molecular weight excluding hydrogens is 176 g/mol. The number of thiophene rings is 1. The highest BCUT2D eigenvalue weighted by atomic mass is 35.5. The Balaban J connectivity index is 2.70. The van der Waals surface area contributed by atoms with E-state index >= 15 is 0 Å². The van der Waals surface area contributed by atoms with Crippen molar-refractivity contribution >= 4 is 22.9 Å². The van der Waals surface area contributed by atoms with Crippen molar-refractivity contribution in [2.45, 2.75) is 19.3 Å². The molecule has 0 fully saturated rings. The second-order valence-electron chi connectivity index (χ2n) is 2.45. The number of hydrogen-bond donors (Lipinski definition) is 0. The SMILES string of the molecule is C#CCC(C)c1ccc(Cl)s1. The zero-order valence-electron chi connectivity index (χ0n) is 6.30. The Labute approximate surface area is 76.2 Å². The molecule has 0 amide bonds. The molecule has 0 aliphatic heterocycles.